The van der Waals surface area contributed by atoms with Crippen LogP contribution in [0.1, 0.15) is 34.8 Å². The lowest BCUT2D eigenvalue weighted by Gasteiger charge is -2.19. The number of rotatable bonds is 5. The highest BCUT2D eigenvalue weighted by atomic mass is 32.2. The molecule has 2 nitrogen and oxygen atoms in total. The zero-order valence-corrected chi connectivity index (χ0v) is 13.6. The lowest BCUT2D eigenvalue weighted by Crippen LogP contribution is -2.25. The van der Waals surface area contributed by atoms with E-state index >= 15 is 0 Å². The number of hydrazine groups is 1. The third-order valence-corrected chi connectivity index (χ3v) is 5.99. The molecular formula is C16H20N2S2. The summed E-state index contributed by atoms with van der Waals surface area (Å²) < 4.78 is 0. The Morgan fingerprint density at radius 2 is 2.20 bits per heavy atom. The van der Waals surface area contributed by atoms with E-state index in [1.165, 1.54) is 33.7 Å². The zero-order valence-electron chi connectivity index (χ0n) is 11.9. The van der Waals surface area contributed by atoms with Gasteiger partial charge in [0.1, 0.15) is 0 Å². The molecule has 1 aromatic heterocycles. The Hall–Kier alpha value is -0.970. The van der Waals surface area contributed by atoms with Gasteiger partial charge in [0, 0.05) is 22.6 Å². The molecule has 4 heteroatoms. The van der Waals surface area contributed by atoms with Gasteiger partial charge in [0.05, 0.1) is 5.69 Å². The summed E-state index contributed by atoms with van der Waals surface area (Å²) in [7, 11) is 1.92. The average molecular weight is 304 g/mol. The van der Waals surface area contributed by atoms with Crippen LogP contribution in [0.15, 0.2) is 34.5 Å². The first-order chi connectivity index (χ1) is 9.65. The van der Waals surface area contributed by atoms with Crippen molar-refractivity contribution < 1.29 is 0 Å². The monoisotopic (exact) mass is 304 g/mol. The maximum atomic E-state index is 6.00. The van der Waals surface area contributed by atoms with E-state index in [0.717, 1.165) is 17.4 Å². The SMILES string of the molecule is Cc1csc(CSc2c(C3CC3)cccc2N(C)N)c1. The van der Waals surface area contributed by atoms with E-state index in [1.807, 2.05) is 30.1 Å². The minimum absolute atomic E-state index is 0.752. The van der Waals surface area contributed by atoms with E-state index in [4.69, 9.17) is 5.84 Å². The third kappa shape index (κ3) is 3.03. The van der Waals surface area contributed by atoms with Gasteiger partial charge in [-0.25, -0.2) is 5.84 Å². The summed E-state index contributed by atoms with van der Waals surface area (Å²) in [4.78, 5) is 2.80. The van der Waals surface area contributed by atoms with Crippen molar-refractivity contribution in [2.24, 2.45) is 5.84 Å². The quantitative estimate of drug-likeness (QED) is 0.500. The lowest BCUT2D eigenvalue weighted by molar-refractivity contribution is 0.970. The highest BCUT2D eigenvalue weighted by molar-refractivity contribution is 7.98. The Morgan fingerprint density at radius 3 is 2.80 bits per heavy atom. The van der Waals surface area contributed by atoms with E-state index < -0.39 is 0 Å². The highest BCUT2D eigenvalue weighted by Crippen LogP contribution is 2.47. The fourth-order valence-electron chi connectivity index (χ4n) is 2.40. The van der Waals surface area contributed by atoms with Crippen LogP contribution in [0, 0.1) is 6.92 Å². The number of aryl methyl sites for hydroxylation is 1. The molecule has 1 fully saturated rings. The maximum absolute atomic E-state index is 6.00. The van der Waals surface area contributed by atoms with Gasteiger partial charge < -0.3 is 5.01 Å². The molecule has 0 saturated heterocycles. The van der Waals surface area contributed by atoms with Crippen LogP contribution in [0.3, 0.4) is 0 Å². The topological polar surface area (TPSA) is 29.3 Å². The van der Waals surface area contributed by atoms with Crippen LogP contribution in [0.4, 0.5) is 5.69 Å². The Balaban J connectivity index is 1.86. The summed E-state index contributed by atoms with van der Waals surface area (Å²) in [6, 6.07) is 8.80. The summed E-state index contributed by atoms with van der Waals surface area (Å²) in [6.07, 6.45) is 2.65. The molecule has 0 unspecified atom stereocenters. The van der Waals surface area contributed by atoms with Crippen molar-refractivity contribution in [3.8, 4) is 0 Å². The molecule has 1 saturated carbocycles. The summed E-state index contributed by atoms with van der Waals surface area (Å²) in [5.41, 5.74) is 3.99. The molecule has 2 N–H and O–H groups in total. The summed E-state index contributed by atoms with van der Waals surface area (Å²) in [5.74, 6) is 7.78. The lowest BCUT2D eigenvalue weighted by atomic mass is 10.1. The molecule has 2 aromatic rings. The van der Waals surface area contributed by atoms with Crippen LogP contribution in [0.25, 0.3) is 0 Å². The second-order valence-corrected chi connectivity index (χ2v) is 7.44. The predicted molar refractivity (Wildman–Crippen MR) is 89.6 cm³/mol. The molecule has 0 amide bonds. The molecule has 1 aromatic carbocycles. The van der Waals surface area contributed by atoms with Crippen molar-refractivity contribution in [1.29, 1.82) is 0 Å². The van der Waals surface area contributed by atoms with Gasteiger partial charge >= 0.3 is 0 Å². The number of hydrogen-bond donors (Lipinski definition) is 1. The Labute approximate surface area is 129 Å². The first kappa shape index (κ1) is 14.0. The van der Waals surface area contributed by atoms with E-state index in [9.17, 15) is 0 Å². The second kappa shape index (κ2) is 5.80. The second-order valence-electron chi connectivity index (χ2n) is 5.46. The van der Waals surface area contributed by atoms with E-state index in [-0.39, 0.29) is 0 Å². The van der Waals surface area contributed by atoms with Gasteiger partial charge in [-0.15, -0.1) is 23.1 Å². The van der Waals surface area contributed by atoms with Crippen molar-refractivity contribution >= 4 is 28.8 Å². The number of nitrogens with two attached hydrogens (primary N) is 1. The molecular weight excluding hydrogens is 284 g/mol. The average Bonchev–Trinajstić information content (AvgIpc) is 3.19. The van der Waals surface area contributed by atoms with Gasteiger partial charge in [-0.1, -0.05) is 12.1 Å². The van der Waals surface area contributed by atoms with E-state index in [2.05, 4.69) is 36.6 Å². The number of thiophene rings is 1. The largest absolute Gasteiger partial charge is 0.313 e. The van der Waals surface area contributed by atoms with Crippen molar-refractivity contribution in [3.05, 3.63) is 45.6 Å². The van der Waals surface area contributed by atoms with Gasteiger partial charge in [-0.3, -0.25) is 0 Å². The van der Waals surface area contributed by atoms with Gasteiger partial charge in [-0.2, -0.15) is 0 Å². The molecule has 0 aliphatic heterocycles. The van der Waals surface area contributed by atoms with Gasteiger partial charge in [-0.05, 0) is 54.3 Å². The van der Waals surface area contributed by atoms with Gasteiger partial charge in [0.2, 0.25) is 0 Å². The molecule has 1 heterocycles. The molecule has 0 atom stereocenters. The van der Waals surface area contributed by atoms with Crippen LogP contribution < -0.4 is 10.9 Å². The van der Waals surface area contributed by atoms with Crippen molar-refractivity contribution in [2.75, 3.05) is 12.1 Å². The summed E-state index contributed by atoms with van der Waals surface area (Å²) >= 11 is 3.77. The first-order valence-electron chi connectivity index (χ1n) is 6.93. The molecule has 20 heavy (non-hydrogen) atoms. The standard InChI is InChI=1S/C16H20N2S2/c1-11-8-13(19-9-11)10-20-16-14(12-6-7-12)4-3-5-15(16)18(2)17/h3-5,8-9,12H,6-7,10,17H2,1-2H3. The molecule has 106 valence electrons. The minimum Gasteiger partial charge on any atom is -0.313 e. The number of anilines is 1. The minimum atomic E-state index is 0.752. The number of thioether (sulfide) groups is 1. The Bertz CT molecular complexity index is 580. The van der Waals surface area contributed by atoms with Crippen LogP contribution in [-0.2, 0) is 5.75 Å². The molecule has 1 aliphatic rings. The van der Waals surface area contributed by atoms with Crippen LogP contribution in [0.2, 0.25) is 0 Å². The zero-order chi connectivity index (χ0) is 14.1. The number of benzene rings is 1. The van der Waals surface area contributed by atoms with Gasteiger partial charge in [0.15, 0.2) is 0 Å². The maximum Gasteiger partial charge on any atom is 0.0652 e. The molecule has 0 bridgehead atoms. The van der Waals surface area contributed by atoms with Crippen molar-refractivity contribution in [3.63, 3.8) is 0 Å². The third-order valence-electron chi connectivity index (χ3n) is 3.57. The molecule has 1 aliphatic carbocycles. The van der Waals surface area contributed by atoms with Gasteiger partial charge in [0.25, 0.3) is 0 Å². The van der Waals surface area contributed by atoms with Crippen molar-refractivity contribution in [1.82, 2.24) is 0 Å². The molecule has 3 rings (SSSR count). The fraction of sp³-hybridized carbons (Fsp3) is 0.375. The van der Waals surface area contributed by atoms with Crippen LogP contribution in [0.5, 0.6) is 0 Å². The fourth-order valence-corrected chi connectivity index (χ4v) is 4.64. The predicted octanol–water partition coefficient (Wildman–Crippen LogP) is 4.54. The molecule has 0 spiro atoms. The van der Waals surface area contributed by atoms with E-state index in [0.29, 0.717) is 0 Å². The van der Waals surface area contributed by atoms with Crippen LogP contribution >= 0.6 is 23.1 Å². The first-order valence-corrected chi connectivity index (χ1v) is 8.80. The normalized spacial score (nSPS) is 14.6. The van der Waals surface area contributed by atoms with Crippen molar-refractivity contribution in [2.45, 2.75) is 36.3 Å². The Morgan fingerprint density at radius 1 is 1.40 bits per heavy atom. The molecule has 0 radical (unpaired) electrons. The number of hydrogen-bond acceptors (Lipinski definition) is 4. The smallest absolute Gasteiger partial charge is 0.0652 e. The number of nitrogens with zero attached hydrogens (tertiary/aromatic N) is 1. The van der Waals surface area contributed by atoms with E-state index in [1.54, 1.807) is 5.01 Å². The summed E-state index contributed by atoms with van der Waals surface area (Å²) in [6.45, 7) is 2.15. The Kier molecular flexibility index (Phi) is 4.06. The summed E-state index contributed by atoms with van der Waals surface area (Å²) in [5, 5.41) is 3.96. The van der Waals surface area contributed by atoms with Crippen LogP contribution in [-0.4, -0.2) is 7.05 Å². The highest BCUT2D eigenvalue weighted by Gasteiger charge is 2.27.